The van der Waals surface area contributed by atoms with Gasteiger partial charge in [-0.15, -0.1) is 0 Å². The molecule has 4 N–H and O–H groups in total. The molecular weight excluding hydrogens is 460 g/mol. The average Bonchev–Trinajstić information content (AvgIpc) is 2.76. The Morgan fingerprint density at radius 2 is 1.47 bits per heavy atom. The number of carboxylic acid groups (broad SMARTS) is 2. The molecule has 0 unspecified atom stereocenters. The first-order chi connectivity index (χ1) is 16.0. The predicted molar refractivity (Wildman–Crippen MR) is 134 cm³/mol. The van der Waals surface area contributed by atoms with Crippen LogP contribution in [-0.4, -0.2) is 66.5 Å². The van der Waals surface area contributed by atoms with E-state index >= 15 is 0 Å². The van der Waals surface area contributed by atoms with E-state index in [4.69, 9.17) is 10.2 Å². The SMILES string of the molecule is CCCCCCCN(CC)CCC[C@@H](O)c1ccc(NS(C)(=O)=O)cc1.O=C(O)C=CC(=O)O. The van der Waals surface area contributed by atoms with Crippen molar-refractivity contribution in [3.05, 3.63) is 42.0 Å². The minimum absolute atomic E-state index is 0.509. The minimum atomic E-state index is -3.27. The Morgan fingerprint density at radius 1 is 0.941 bits per heavy atom. The number of hydrogen-bond acceptors (Lipinski definition) is 6. The molecule has 194 valence electrons. The highest BCUT2D eigenvalue weighted by Crippen LogP contribution is 2.21. The number of benzene rings is 1. The Labute approximate surface area is 203 Å². The van der Waals surface area contributed by atoms with Gasteiger partial charge in [-0.1, -0.05) is 51.7 Å². The van der Waals surface area contributed by atoms with E-state index in [1.165, 1.54) is 32.1 Å². The monoisotopic (exact) mass is 500 g/mol. The Balaban J connectivity index is 0.00000116. The van der Waals surface area contributed by atoms with E-state index in [9.17, 15) is 23.1 Å². The van der Waals surface area contributed by atoms with Crippen molar-refractivity contribution in [1.82, 2.24) is 4.90 Å². The first-order valence-corrected chi connectivity index (χ1v) is 13.5. The number of anilines is 1. The fourth-order valence-electron chi connectivity index (χ4n) is 3.17. The molecule has 0 aromatic heterocycles. The molecule has 0 spiro atoms. The van der Waals surface area contributed by atoms with Gasteiger partial charge in [-0.05, 0) is 56.6 Å². The van der Waals surface area contributed by atoms with Gasteiger partial charge in [-0.25, -0.2) is 18.0 Å². The van der Waals surface area contributed by atoms with Gasteiger partial charge in [0, 0.05) is 17.8 Å². The van der Waals surface area contributed by atoms with Gasteiger partial charge in [0.2, 0.25) is 10.0 Å². The van der Waals surface area contributed by atoms with Crippen molar-refractivity contribution in [2.45, 2.75) is 64.9 Å². The van der Waals surface area contributed by atoms with Crippen LogP contribution in [0.2, 0.25) is 0 Å². The Morgan fingerprint density at radius 3 is 1.94 bits per heavy atom. The van der Waals surface area contributed by atoms with Crippen molar-refractivity contribution in [2.75, 3.05) is 30.6 Å². The number of aliphatic hydroxyl groups excluding tert-OH is 1. The molecule has 0 heterocycles. The molecule has 34 heavy (non-hydrogen) atoms. The maximum absolute atomic E-state index is 11.2. The van der Waals surface area contributed by atoms with Crippen LogP contribution in [-0.2, 0) is 19.6 Å². The summed E-state index contributed by atoms with van der Waals surface area (Å²) in [6.07, 6.45) is 9.90. The minimum Gasteiger partial charge on any atom is -0.478 e. The molecule has 0 aliphatic heterocycles. The van der Waals surface area contributed by atoms with Crippen molar-refractivity contribution >= 4 is 27.6 Å². The fourth-order valence-corrected chi connectivity index (χ4v) is 3.74. The molecule has 9 nitrogen and oxygen atoms in total. The van der Waals surface area contributed by atoms with E-state index in [0.29, 0.717) is 24.3 Å². The summed E-state index contributed by atoms with van der Waals surface area (Å²) in [5.41, 5.74) is 1.34. The summed E-state index contributed by atoms with van der Waals surface area (Å²) in [7, 11) is -3.27. The third kappa shape index (κ3) is 18.0. The predicted octanol–water partition coefficient (Wildman–Crippen LogP) is 3.88. The first kappa shape index (κ1) is 31.6. The van der Waals surface area contributed by atoms with Gasteiger partial charge in [0.05, 0.1) is 12.4 Å². The third-order valence-electron chi connectivity index (χ3n) is 4.94. The number of aliphatic hydroxyl groups is 1. The second kappa shape index (κ2) is 18.0. The number of unbranched alkanes of at least 4 members (excludes halogenated alkanes) is 4. The molecule has 0 aliphatic rings. The molecule has 1 atom stereocenters. The summed E-state index contributed by atoms with van der Waals surface area (Å²) in [5.74, 6) is -2.51. The zero-order valence-corrected chi connectivity index (χ0v) is 21.3. The number of aliphatic carboxylic acids is 2. The highest BCUT2D eigenvalue weighted by molar-refractivity contribution is 7.92. The lowest BCUT2D eigenvalue weighted by molar-refractivity contribution is -0.134. The highest BCUT2D eigenvalue weighted by atomic mass is 32.2. The first-order valence-electron chi connectivity index (χ1n) is 11.6. The van der Waals surface area contributed by atoms with Gasteiger partial charge in [0.15, 0.2) is 0 Å². The molecule has 1 rings (SSSR count). The van der Waals surface area contributed by atoms with Crippen LogP contribution in [0, 0.1) is 0 Å². The van der Waals surface area contributed by atoms with Crippen LogP contribution < -0.4 is 4.72 Å². The topological polar surface area (TPSA) is 144 Å². The summed E-state index contributed by atoms with van der Waals surface area (Å²) in [6, 6.07) is 6.94. The Kier molecular flexibility index (Phi) is 16.7. The van der Waals surface area contributed by atoms with E-state index in [-0.39, 0.29) is 0 Å². The smallest absolute Gasteiger partial charge is 0.328 e. The number of hydrogen-bond donors (Lipinski definition) is 4. The summed E-state index contributed by atoms with van der Waals surface area (Å²) < 4.78 is 24.9. The molecule has 1 aromatic carbocycles. The summed E-state index contributed by atoms with van der Waals surface area (Å²) >= 11 is 0. The quantitative estimate of drug-likeness (QED) is 0.198. The Hall–Kier alpha value is -2.43. The molecule has 0 amide bonds. The molecule has 0 saturated carbocycles. The van der Waals surface area contributed by atoms with Crippen molar-refractivity contribution in [3.63, 3.8) is 0 Å². The van der Waals surface area contributed by atoms with Crippen molar-refractivity contribution < 1.29 is 33.3 Å². The number of nitrogens with one attached hydrogen (secondary N) is 1. The van der Waals surface area contributed by atoms with E-state index in [1.807, 2.05) is 0 Å². The molecule has 1 aromatic rings. The van der Waals surface area contributed by atoms with Crippen molar-refractivity contribution in [3.8, 4) is 0 Å². The standard InChI is InChI=1S/C20H36N2O3S.C4H4O4/c1-4-6-7-8-9-16-22(5-2)17-10-11-20(23)18-12-14-19(15-13-18)21-26(3,24)25;5-3(6)1-2-4(7)8/h12-15,20-21,23H,4-11,16-17H2,1-3H3;1-2H,(H,5,6)(H,7,8)/t20-;/m1./s1. The third-order valence-corrected chi connectivity index (χ3v) is 5.55. The highest BCUT2D eigenvalue weighted by Gasteiger charge is 2.10. The van der Waals surface area contributed by atoms with Crippen LogP contribution in [0.1, 0.15) is 70.5 Å². The zero-order chi connectivity index (χ0) is 26.0. The summed E-state index contributed by atoms with van der Waals surface area (Å²) in [4.78, 5) is 21.6. The lowest BCUT2D eigenvalue weighted by Gasteiger charge is -2.21. The number of carboxylic acids is 2. The van der Waals surface area contributed by atoms with Gasteiger partial charge in [0.25, 0.3) is 0 Å². The number of carbonyl (C=O) groups is 2. The number of sulfonamides is 1. The summed E-state index contributed by atoms with van der Waals surface area (Å²) in [6.45, 7) is 7.63. The molecule has 0 fully saturated rings. The van der Waals surface area contributed by atoms with Gasteiger partial charge < -0.3 is 20.2 Å². The maximum Gasteiger partial charge on any atom is 0.328 e. The second-order valence-corrected chi connectivity index (χ2v) is 9.76. The van der Waals surface area contributed by atoms with Crippen LogP contribution in [0.4, 0.5) is 5.69 Å². The molecule has 0 bridgehead atoms. The normalized spacial score (nSPS) is 12.3. The summed E-state index contributed by atoms with van der Waals surface area (Å²) in [5, 5.41) is 26.0. The van der Waals surface area contributed by atoms with Crippen molar-refractivity contribution in [2.24, 2.45) is 0 Å². The largest absolute Gasteiger partial charge is 0.478 e. The van der Waals surface area contributed by atoms with Crippen LogP contribution in [0.25, 0.3) is 0 Å². The van der Waals surface area contributed by atoms with Gasteiger partial charge in [-0.2, -0.15) is 0 Å². The average molecular weight is 501 g/mol. The lowest BCUT2D eigenvalue weighted by atomic mass is 10.0. The molecule has 0 saturated heterocycles. The van der Waals surface area contributed by atoms with E-state index in [2.05, 4.69) is 23.5 Å². The van der Waals surface area contributed by atoms with Gasteiger partial charge in [-0.3, -0.25) is 4.72 Å². The second-order valence-electron chi connectivity index (χ2n) is 8.01. The lowest BCUT2D eigenvalue weighted by Crippen LogP contribution is -2.26. The zero-order valence-electron chi connectivity index (χ0n) is 20.4. The van der Waals surface area contributed by atoms with Gasteiger partial charge >= 0.3 is 11.9 Å². The maximum atomic E-state index is 11.2. The Bertz CT molecular complexity index is 823. The van der Waals surface area contributed by atoms with E-state index < -0.39 is 28.1 Å². The van der Waals surface area contributed by atoms with Gasteiger partial charge in [0.1, 0.15) is 0 Å². The van der Waals surface area contributed by atoms with E-state index in [1.54, 1.807) is 24.3 Å². The van der Waals surface area contributed by atoms with E-state index in [0.717, 1.165) is 37.9 Å². The van der Waals surface area contributed by atoms with Crippen LogP contribution >= 0.6 is 0 Å². The molecule has 0 aliphatic carbocycles. The van der Waals surface area contributed by atoms with Crippen molar-refractivity contribution in [1.29, 1.82) is 0 Å². The van der Waals surface area contributed by atoms with Crippen LogP contribution in [0.3, 0.4) is 0 Å². The molecular formula is C24H40N2O7S. The number of nitrogens with zero attached hydrogens (tertiary/aromatic N) is 1. The fraction of sp³-hybridized carbons (Fsp3) is 0.583. The molecule has 10 heteroatoms. The number of rotatable bonds is 16. The molecule has 0 radical (unpaired) electrons. The van der Waals surface area contributed by atoms with Crippen LogP contribution in [0.15, 0.2) is 36.4 Å². The van der Waals surface area contributed by atoms with Crippen LogP contribution in [0.5, 0.6) is 0 Å².